The summed E-state index contributed by atoms with van der Waals surface area (Å²) < 4.78 is 8.84. The first-order valence-corrected chi connectivity index (χ1v) is 20.9. The molecule has 0 aliphatic carbocycles. The molecule has 2 nitrogen and oxygen atoms in total. The van der Waals surface area contributed by atoms with E-state index in [4.69, 9.17) is 4.42 Å². The third-order valence-electron chi connectivity index (χ3n) is 11.8. The van der Waals surface area contributed by atoms with Crippen molar-refractivity contribution in [2.45, 2.75) is 0 Å². The second-order valence-electron chi connectivity index (χ2n) is 15.3. The van der Waals surface area contributed by atoms with Crippen LogP contribution >= 0.6 is 11.3 Å². The van der Waals surface area contributed by atoms with Gasteiger partial charge in [0.2, 0.25) is 0 Å². The summed E-state index contributed by atoms with van der Waals surface area (Å²) in [6, 6.07) is 77.2. The lowest BCUT2D eigenvalue weighted by Gasteiger charge is -2.27. The summed E-state index contributed by atoms with van der Waals surface area (Å²) in [5.74, 6) is 0. The molecule has 12 aromatic rings. The molecule has 2 aromatic heterocycles. The van der Waals surface area contributed by atoms with Crippen LogP contribution < -0.4 is 4.90 Å². The smallest absolute Gasteiger partial charge is 0.136 e. The molecule has 10 aromatic carbocycles. The Bertz CT molecular complexity index is 3580. The summed E-state index contributed by atoms with van der Waals surface area (Å²) in [5, 5.41) is 9.68. The van der Waals surface area contributed by atoms with Gasteiger partial charge in [0.25, 0.3) is 0 Å². The van der Waals surface area contributed by atoms with Crippen molar-refractivity contribution in [3.63, 3.8) is 0 Å². The van der Waals surface area contributed by atoms with Gasteiger partial charge in [-0.1, -0.05) is 152 Å². The van der Waals surface area contributed by atoms with Crippen LogP contribution in [0.2, 0.25) is 0 Å². The molecule has 59 heavy (non-hydrogen) atoms. The molecule has 0 atom stereocenters. The standard InChI is InChI=1S/C56H35NOS/c1-2-13-36(14-3-1)43-17-4-6-19-46(43)47-20-7-5-18-44(47)37-15-12-16-40(31-37)57(42-28-30-50-49-22-9-11-24-55(49)59-56(50)34-42)41-27-29-45-38(32-41)25-26-39-33-54-52(35-51(39)45)48-21-8-10-23-53(48)58-54/h1-35H. The highest BCUT2D eigenvalue weighted by molar-refractivity contribution is 7.25. The van der Waals surface area contributed by atoms with Gasteiger partial charge < -0.3 is 9.32 Å². The number of para-hydroxylation sites is 1. The van der Waals surface area contributed by atoms with Crippen LogP contribution in [0.1, 0.15) is 0 Å². The molecule has 12 rings (SSSR count). The van der Waals surface area contributed by atoms with Gasteiger partial charge in [-0.05, 0) is 116 Å². The molecule has 0 aliphatic heterocycles. The number of anilines is 3. The van der Waals surface area contributed by atoms with Gasteiger partial charge in [-0.2, -0.15) is 0 Å². The molecule has 0 saturated carbocycles. The molecule has 0 N–H and O–H groups in total. The summed E-state index contributed by atoms with van der Waals surface area (Å²) in [7, 11) is 0. The van der Waals surface area contributed by atoms with E-state index in [1.165, 1.54) is 69.5 Å². The normalized spacial score (nSPS) is 11.7. The van der Waals surface area contributed by atoms with Crippen LogP contribution in [-0.4, -0.2) is 0 Å². The maximum atomic E-state index is 6.27. The van der Waals surface area contributed by atoms with E-state index in [2.05, 4.69) is 205 Å². The average Bonchev–Trinajstić information content (AvgIpc) is 3.86. The Morgan fingerprint density at radius 1 is 0.305 bits per heavy atom. The Hall–Kier alpha value is -7.46. The van der Waals surface area contributed by atoms with E-state index in [0.29, 0.717) is 0 Å². The van der Waals surface area contributed by atoms with Gasteiger partial charge >= 0.3 is 0 Å². The molecule has 276 valence electrons. The van der Waals surface area contributed by atoms with Crippen LogP contribution in [0.5, 0.6) is 0 Å². The molecule has 0 unspecified atom stereocenters. The monoisotopic (exact) mass is 769 g/mol. The molecule has 0 fully saturated rings. The van der Waals surface area contributed by atoms with Gasteiger partial charge in [0.1, 0.15) is 11.2 Å². The highest BCUT2D eigenvalue weighted by Gasteiger charge is 2.19. The summed E-state index contributed by atoms with van der Waals surface area (Å²) in [6.45, 7) is 0. The number of benzene rings is 10. The van der Waals surface area contributed by atoms with Gasteiger partial charge in [0.05, 0.1) is 0 Å². The van der Waals surface area contributed by atoms with Crippen LogP contribution in [0.4, 0.5) is 17.1 Å². The zero-order valence-electron chi connectivity index (χ0n) is 32.0. The van der Waals surface area contributed by atoms with Crippen molar-refractivity contribution in [1.82, 2.24) is 0 Å². The maximum Gasteiger partial charge on any atom is 0.136 e. The second-order valence-corrected chi connectivity index (χ2v) is 16.3. The Labute approximate surface area is 345 Å². The van der Waals surface area contributed by atoms with Crippen molar-refractivity contribution in [2.24, 2.45) is 0 Å². The minimum Gasteiger partial charge on any atom is -0.456 e. The quantitative estimate of drug-likeness (QED) is 0.157. The first-order chi connectivity index (χ1) is 29.2. The largest absolute Gasteiger partial charge is 0.456 e. The van der Waals surface area contributed by atoms with E-state index in [9.17, 15) is 0 Å². The number of fused-ring (bicyclic) bond motifs is 9. The first kappa shape index (κ1) is 33.7. The third-order valence-corrected chi connectivity index (χ3v) is 13.0. The molecule has 2 heterocycles. The van der Waals surface area contributed by atoms with Crippen molar-refractivity contribution in [1.29, 1.82) is 0 Å². The molecule has 0 radical (unpaired) electrons. The Kier molecular flexibility index (Phi) is 7.75. The Morgan fingerprint density at radius 2 is 0.898 bits per heavy atom. The summed E-state index contributed by atoms with van der Waals surface area (Å²) in [6.07, 6.45) is 0. The molecular weight excluding hydrogens is 735 g/mol. The van der Waals surface area contributed by atoms with Crippen molar-refractivity contribution in [3.05, 3.63) is 212 Å². The molecule has 0 amide bonds. The third kappa shape index (κ3) is 5.62. The summed E-state index contributed by atoms with van der Waals surface area (Å²) in [5.41, 5.74) is 12.4. The van der Waals surface area contributed by atoms with Crippen LogP contribution in [0.15, 0.2) is 217 Å². The van der Waals surface area contributed by atoms with Gasteiger partial charge in [-0.3, -0.25) is 0 Å². The fraction of sp³-hybridized carbons (Fsp3) is 0. The lowest BCUT2D eigenvalue weighted by atomic mass is 9.89. The maximum absolute atomic E-state index is 6.27. The fourth-order valence-electron chi connectivity index (χ4n) is 9.08. The lowest BCUT2D eigenvalue weighted by Crippen LogP contribution is -2.10. The number of thiophene rings is 1. The number of hydrogen-bond donors (Lipinski definition) is 0. The highest BCUT2D eigenvalue weighted by atomic mass is 32.1. The SMILES string of the molecule is c1ccc(-c2ccccc2-c2ccccc2-c2cccc(N(c3ccc4c(ccc5cc6oc7ccccc7c6cc54)c3)c3ccc4c(c3)sc3ccccc34)c2)cc1. The number of furan rings is 1. The Balaban J connectivity index is 1.04. The molecule has 0 aliphatic rings. The average molecular weight is 770 g/mol. The van der Waals surface area contributed by atoms with E-state index in [1.54, 1.807) is 0 Å². The van der Waals surface area contributed by atoms with Crippen molar-refractivity contribution < 1.29 is 4.42 Å². The molecular formula is C56H35NOS. The molecule has 3 heteroatoms. The van der Waals surface area contributed by atoms with Gasteiger partial charge in [0.15, 0.2) is 0 Å². The van der Waals surface area contributed by atoms with Crippen LogP contribution in [0.3, 0.4) is 0 Å². The first-order valence-electron chi connectivity index (χ1n) is 20.1. The second kappa shape index (κ2) is 13.6. The summed E-state index contributed by atoms with van der Waals surface area (Å²) in [4.78, 5) is 2.42. The zero-order valence-corrected chi connectivity index (χ0v) is 32.8. The van der Waals surface area contributed by atoms with Crippen LogP contribution in [0.25, 0.3) is 97.0 Å². The van der Waals surface area contributed by atoms with Crippen molar-refractivity contribution in [3.8, 4) is 33.4 Å². The van der Waals surface area contributed by atoms with Crippen molar-refractivity contribution in [2.75, 3.05) is 4.90 Å². The van der Waals surface area contributed by atoms with E-state index in [0.717, 1.165) is 44.6 Å². The lowest BCUT2D eigenvalue weighted by molar-refractivity contribution is 0.669. The van der Waals surface area contributed by atoms with E-state index in [1.807, 2.05) is 23.5 Å². The fourth-order valence-corrected chi connectivity index (χ4v) is 10.2. The van der Waals surface area contributed by atoms with Crippen LogP contribution in [0, 0.1) is 0 Å². The summed E-state index contributed by atoms with van der Waals surface area (Å²) >= 11 is 1.85. The van der Waals surface area contributed by atoms with Gasteiger partial charge in [0, 0.05) is 48.0 Å². The number of rotatable bonds is 6. The van der Waals surface area contributed by atoms with E-state index in [-0.39, 0.29) is 0 Å². The topological polar surface area (TPSA) is 16.4 Å². The predicted molar refractivity (Wildman–Crippen MR) is 253 cm³/mol. The molecule has 0 spiro atoms. The van der Waals surface area contributed by atoms with E-state index >= 15 is 0 Å². The minimum atomic E-state index is 0.918. The van der Waals surface area contributed by atoms with Gasteiger partial charge in [-0.25, -0.2) is 0 Å². The van der Waals surface area contributed by atoms with Crippen LogP contribution in [-0.2, 0) is 0 Å². The van der Waals surface area contributed by atoms with E-state index < -0.39 is 0 Å². The Morgan fingerprint density at radius 3 is 1.71 bits per heavy atom. The van der Waals surface area contributed by atoms with Gasteiger partial charge in [-0.15, -0.1) is 11.3 Å². The zero-order chi connectivity index (χ0) is 38.9. The van der Waals surface area contributed by atoms with Crippen molar-refractivity contribution >= 4 is 92.1 Å². The minimum absolute atomic E-state index is 0.918. The molecule has 0 saturated heterocycles. The number of nitrogens with zero attached hydrogens (tertiary/aromatic N) is 1. The molecule has 0 bridgehead atoms. The predicted octanol–water partition coefficient (Wildman–Crippen LogP) is 16.7. The highest BCUT2D eigenvalue weighted by Crippen LogP contribution is 2.45. The number of hydrogen-bond acceptors (Lipinski definition) is 3.